The standard InChI is InChI=1S/C12H15N5O4/c1-5-3-14-9-10(13)16-12(20)17(11(9)15-5)8-2-6(19)7(4-18)21-8/h3,6-8,18-19H,2,4H2,1H3,(H2,13,16,20)/t6-,7+,8+/m0/s1. The van der Waals surface area contributed by atoms with E-state index in [2.05, 4.69) is 15.0 Å². The summed E-state index contributed by atoms with van der Waals surface area (Å²) in [7, 11) is 0. The summed E-state index contributed by atoms with van der Waals surface area (Å²) in [6.07, 6.45) is -0.696. The van der Waals surface area contributed by atoms with Gasteiger partial charge in [0, 0.05) is 12.6 Å². The lowest BCUT2D eigenvalue weighted by Gasteiger charge is -2.16. The predicted molar refractivity (Wildman–Crippen MR) is 72.4 cm³/mol. The highest BCUT2D eigenvalue weighted by molar-refractivity contribution is 5.80. The first-order valence-corrected chi connectivity index (χ1v) is 6.47. The second-order valence-electron chi connectivity index (χ2n) is 4.95. The number of nitrogen functional groups attached to an aromatic ring is 1. The summed E-state index contributed by atoms with van der Waals surface area (Å²) in [6.45, 7) is 1.40. The van der Waals surface area contributed by atoms with Crippen molar-refractivity contribution in [3.63, 3.8) is 0 Å². The third-order valence-electron chi connectivity index (χ3n) is 3.44. The first kappa shape index (κ1) is 13.9. The van der Waals surface area contributed by atoms with Gasteiger partial charge in [0.25, 0.3) is 0 Å². The van der Waals surface area contributed by atoms with Gasteiger partial charge in [0.2, 0.25) is 0 Å². The van der Waals surface area contributed by atoms with Crippen molar-refractivity contribution in [3.05, 3.63) is 22.4 Å². The maximum Gasteiger partial charge on any atom is 0.353 e. The summed E-state index contributed by atoms with van der Waals surface area (Å²) in [4.78, 5) is 24.3. The van der Waals surface area contributed by atoms with Crippen LogP contribution in [-0.2, 0) is 4.74 Å². The van der Waals surface area contributed by atoms with Crippen LogP contribution in [0.3, 0.4) is 0 Å². The Kier molecular flexibility index (Phi) is 3.32. The van der Waals surface area contributed by atoms with Gasteiger partial charge in [-0.15, -0.1) is 0 Å². The third-order valence-corrected chi connectivity index (χ3v) is 3.44. The summed E-state index contributed by atoms with van der Waals surface area (Å²) in [5, 5.41) is 18.9. The maximum atomic E-state index is 12.1. The molecule has 1 aliphatic rings. The minimum Gasteiger partial charge on any atom is -0.394 e. The molecule has 0 unspecified atom stereocenters. The van der Waals surface area contributed by atoms with Gasteiger partial charge in [-0.3, -0.25) is 0 Å². The number of nitrogens with zero attached hydrogens (tertiary/aromatic N) is 4. The van der Waals surface area contributed by atoms with Gasteiger partial charge in [0.1, 0.15) is 17.8 Å². The van der Waals surface area contributed by atoms with E-state index >= 15 is 0 Å². The number of rotatable bonds is 2. The molecule has 9 heteroatoms. The molecule has 3 atom stereocenters. The van der Waals surface area contributed by atoms with Crippen LogP contribution in [0.25, 0.3) is 11.2 Å². The Morgan fingerprint density at radius 3 is 2.95 bits per heavy atom. The lowest BCUT2D eigenvalue weighted by molar-refractivity contribution is -0.0445. The van der Waals surface area contributed by atoms with Gasteiger partial charge in [0.15, 0.2) is 11.5 Å². The number of anilines is 1. The quantitative estimate of drug-likeness (QED) is 0.622. The first-order chi connectivity index (χ1) is 10.0. The van der Waals surface area contributed by atoms with Crippen LogP contribution in [-0.4, -0.2) is 48.5 Å². The van der Waals surface area contributed by atoms with Crippen molar-refractivity contribution in [3.8, 4) is 0 Å². The number of aliphatic hydroxyl groups excluding tert-OH is 2. The lowest BCUT2D eigenvalue weighted by Crippen LogP contribution is -2.30. The zero-order valence-electron chi connectivity index (χ0n) is 11.3. The highest BCUT2D eigenvalue weighted by atomic mass is 16.5. The summed E-state index contributed by atoms with van der Waals surface area (Å²) in [5.41, 5.74) is 6.23. The van der Waals surface area contributed by atoms with Crippen molar-refractivity contribution in [2.45, 2.75) is 31.8 Å². The van der Waals surface area contributed by atoms with E-state index in [0.717, 1.165) is 0 Å². The number of ether oxygens (including phenoxy) is 1. The van der Waals surface area contributed by atoms with Gasteiger partial charge in [-0.05, 0) is 6.92 Å². The Morgan fingerprint density at radius 2 is 2.29 bits per heavy atom. The average Bonchev–Trinajstić information content (AvgIpc) is 2.79. The van der Waals surface area contributed by atoms with Crippen molar-refractivity contribution >= 4 is 17.0 Å². The van der Waals surface area contributed by atoms with E-state index < -0.39 is 24.1 Å². The van der Waals surface area contributed by atoms with Crippen molar-refractivity contribution in [1.29, 1.82) is 0 Å². The van der Waals surface area contributed by atoms with Crippen LogP contribution in [0.15, 0.2) is 11.0 Å². The van der Waals surface area contributed by atoms with Gasteiger partial charge >= 0.3 is 5.69 Å². The van der Waals surface area contributed by atoms with Gasteiger partial charge < -0.3 is 20.7 Å². The van der Waals surface area contributed by atoms with Crippen molar-refractivity contribution in [2.24, 2.45) is 0 Å². The molecule has 4 N–H and O–H groups in total. The molecule has 0 aliphatic carbocycles. The maximum absolute atomic E-state index is 12.1. The fourth-order valence-corrected chi connectivity index (χ4v) is 2.41. The minimum absolute atomic E-state index is 0.00370. The second kappa shape index (κ2) is 5.02. The Bertz CT molecular complexity index is 746. The van der Waals surface area contributed by atoms with Gasteiger partial charge in [-0.25, -0.2) is 19.3 Å². The Hall–Kier alpha value is -2.10. The van der Waals surface area contributed by atoms with Crippen LogP contribution in [0.4, 0.5) is 5.82 Å². The lowest BCUT2D eigenvalue weighted by atomic mass is 10.2. The van der Waals surface area contributed by atoms with Crippen LogP contribution in [0.5, 0.6) is 0 Å². The summed E-state index contributed by atoms with van der Waals surface area (Å²) in [5.74, 6) is -0.00370. The number of fused-ring (bicyclic) bond motifs is 1. The molecular formula is C12H15N5O4. The average molecular weight is 293 g/mol. The highest BCUT2D eigenvalue weighted by Gasteiger charge is 2.36. The van der Waals surface area contributed by atoms with Crippen LogP contribution in [0.2, 0.25) is 0 Å². The summed E-state index contributed by atoms with van der Waals surface area (Å²) >= 11 is 0. The molecule has 2 aromatic rings. The topological polar surface area (TPSA) is 136 Å². The first-order valence-electron chi connectivity index (χ1n) is 6.47. The van der Waals surface area contributed by atoms with E-state index in [-0.39, 0.29) is 24.5 Å². The van der Waals surface area contributed by atoms with Crippen LogP contribution < -0.4 is 11.4 Å². The number of aliphatic hydroxyl groups is 2. The smallest absolute Gasteiger partial charge is 0.353 e. The van der Waals surface area contributed by atoms with Crippen LogP contribution in [0.1, 0.15) is 18.3 Å². The molecule has 21 heavy (non-hydrogen) atoms. The van der Waals surface area contributed by atoms with Crippen LogP contribution in [0, 0.1) is 6.92 Å². The third kappa shape index (κ3) is 2.24. The predicted octanol–water partition coefficient (Wildman–Crippen LogP) is -1.28. The number of aromatic nitrogens is 4. The van der Waals surface area contributed by atoms with Crippen molar-refractivity contribution in [1.82, 2.24) is 19.5 Å². The molecule has 0 spiro atoms. The molecule has 0 aromatic carbocycles. The van der Waals surface area contributed by atoms with Gasteiger partial charge in [0.05, 0.1) is 18.4 Å². The fraction of sp³-hybridized carbons (Fsp3) is 0.500. The summed E-state index contributed by atoms with van der Waals surface area (Å²) in [6, 6.07) is 0. The highest BCUT2D eigenvalue weighted by Crippen LogP contribution is 2.29. The Morgan fingerprint density at radius 1 is 1.52 bits per heavy atom. The number of nitrogens with two attached hydrogens (primary N) is 1. The zero-order valence-corrected chi connectivity index (χ0v) is 11.3. The molecule has 1 aliphatic heterocycles. The zero-order chi connectivity index (χ0) is 15.1. The van der Waals surface area contributed by atoms with E-state index in [0.29, 0.717) is 11.2 Å². The number of hydrogen-bond donors (Lipinski definition) is 3. The fourth-order valence-electron chi connectivity index (χ4n) is 2.41. The van der Waals surface area contributed by atoms with Crippen LogP contribution >= 0.6 is 0 Å². The molecule has 3 heterocycles. The minimum atomic E-state index is -0.864. The molecule has 1 fully saturated rings. The van der Waals surface area contributed by atoms with E-state index in [9.17, 15) is 9.90 Å². The molecule has 1 saturated heterocycles. The van der Waals surface area contributed by atoms with Gasteiger partial charge in [-0.2, -0.15) is 4.98 Å². The SMILES string of the molecule is Cc1cnc2c(N)nc(=O)n([C@H]3C[C@H](O)[C@@H](CO)O3)c2n1. The molecule has 3 rings (SSSR count). The normalized spacial score (nSPS) is 25.6. The second-order valence-corrected chi connectivity index (χ2v) is 4.95. The molecule has 112 valence electrons. The molecule has 9 nitrogen and oxygen atoms in total. The van der Waals surface area contributed by atoms with Crippen molar-refractivity contribution in [2.75, 3.05) is 12.3 Å². The molecule has 0 radical (unpaired) electrons. The van der Waals surface area contributed by atoms with Gasteiger partial charge in [-0.1, -0.05) is 0 Å². The molecule has 0 saturated carbocycles. The number of aryl methyl sites for hydroxylation is 1. The Balaban J connectivity index is 2.19. The van der Waals surface area contributed by atoms with E-state index in [1.54, 1.807) is 6.92 Å². The Labute approximate surface area is 119 Å². The number of hydrogen-bond acceptors (Lipinski definition) is 8. The summed E-state index contributed by atoms with van der Waals surface area (Å²) < 4.78 is 6.70. The van der Waals surface area contributed by atoms with Crippen molar-refractivity contribution < 1.29 is 14.9 Å². The van der Waals surface area contributed by atoms with E-state index in [1.807, 2.05) is 0 Å². The largest absolute Gasteiger partial charge is 0.394 e. The van der Waals surface area contributed by atoms with E-state index in [1.165, 1.54) is 10.8 Å². The monoisotopic (exact) mass is 293 g/mol. The molecule has 0 bridgehead atoms. The molecule has 2 aromatic heterocycles. The molecule has 0 amide bonds. The van der Waals surface area contributed by atoms with E-state index in [4.69, 9.17) is 15.6 Å². The molecular weight excluding hydrogens is 278 g/mol.